The highest BCUT2D eigenvalue weighted by atomic mass is 16.5. The summed E-state index contributed by atoms with van der Waals surface area (Å²) in [5.41, 5.74) is 11.3. The van der Waals surface area contributed by atoms with Gasteiger partial charge in [-0.05, 0) is 111 Å². The summed E-state index contributed by atoms with van der Waals surface area (Å²) in [6.07, 6.45) is 7.02. The molecule has 0 spiro atoms. The molecule has 2 aliphatic heterocycles. The number of imidazole rings is 1. The van der Waals surface area contributed by atoms with E-state index in [4.69, 9.17) is 14.7 Å². The normalized spacial score (nSPS) is 18.0. The largest absolute Gasteiger partial charge is 0.371 e. The minimum absolute atomic E-state index is 0.340. The quantitative estimate of drug-likeness (QED) is 0.171. The molecule has 3 N–H and O–H groups in total. The van der Waals surface area contributed by atoms with Crippen molar-refractivity contribution in [3.05, 3.63) is 96.4 Å². The van der Waals surface area contributed by atoms with Gasteiger partial charge in [-0.3, -0.25) is 9.97 Å². The first-order valence-corrected chi connectivity index (χ1v) is 16.0. The maximum Gasteiger partial charge on any atom is 0.138 e. The van der Waals surface area contributed by atoms with Crippen LogP contribution in [0.15, 0.2) is 85.1 Å². The number of benzene rings is 3. The Labute approximate surface area is 262 Å². The smallest absolute Gasteiger partial charge is 0.138 e. The summed E-state index contributed by atoms with van der Waals surface area (Å²) in [6, 6.07) is 27.5. The number of morpholine rings is 1. The molecule has 6 aromatic rings. The first-order chi connectivity index (χ1) is 22.1. The van der Waals surface area contributed by atoms with Gasteiger partial charge >= 0.3 is 0 Å². The van der Waals surface area contributed by atoms with Crippen LogP contribution >= 0.6 is 0 Å². The van der Waals surface area contributed by atoms with Gasteiger partial charge in [-0.1, -0.05) is 6.92 Å². The summed E-state index contributed by atoms with van der Waals surface area (Å²) in [5.74, 6) is 0.844. The fourth-order valence-electron chi connectivity index (χ4n) is 6.68. The second kappa shape index (κ2) is 11.5. The molecule has 2 bridgehead atoms. The van der Waals surface area contributed by atoms with E-state index < -0.39 is 0 Å². The fourth-order valence-corrected chi connectivity index (χ4v) is 6.68. The van der Waals surface area contributed by atoms with Gasteiger partial charge in [-0.15, -0.1) is 0 Å². The average Bonchev–Trinajstić information content (AvgIpc) is 3.48. The minimum Gasteiger partial charge on any atom is -0.371 e. The molecule has 3 aromatic heterocycles. The third-order valence-electron chi connectivity index (χ3n) is 8.96. The number of anilines is 5. The third kappa shape index (κ3) is 5.69. The summed E-state index contributed by atoms with van der Waals surface area (Å²) >= 11 is 0. The van der Waals surface area contributed by atoms with E-state index in [-0.39, 0.29) is 0 Å². The standard InChI is InChI=1S/C37H37N7O/c1-3-25-18-28(15-16-38-25)40-27-11-13-34-36(19-27)43-37(42-34)24-7-9-26(10-8-24)41-35-17-23(2)39-33-14-12-29(20-32(33)35)44-21-30-5-4-6-31(22-44)45-30/h7-20,30-31H,3-6,21-22H2,1-2H3,(H,38,40)(H,39,41)(H,42,43)/t30-,31+. The van der Waals surface area contributed by atoms with Crippen LogP contribution in [-0.4, -0.2) is 45.2 Å². The number of hydrogen-bond acceptors (Lipinski definition) is 7. The molecule has 0 radical (unpaired) electrons. The summed E-state index contributed by atoms with van der Waals surface area (Å²) < 4.78 is 6.19. The van der Waals surface area contributed by atoms with Gasteiger partial charge in [0.1, 0.15) is 5.82 Å². The Balaban J connectivity index is 1.02. The number of rotatable bonds is 7. The summed E-state index contributed by atoms with van der Waals surface area (Å²) in [5, 5.41) is 8.29. The van der Waals surface area contributed by atoms with Crippen LogP contribution in [0.2, 0.25) is 0 Å². The Morgan fingerprint density at radius 1 is 0.822 bits per heavy atom. The number of pyridine rings is 2. The zero-order chi connectivity index (χ0) is 30.3. The number of fused-ring (bicyclic) bond motifs is 4. The van der Waals surface area contributed by atoms with Crippen LogP contribution in [0.1, 0.15) is 37.6 Å². The molecule has 0 saturated carbocycles. The van der Waals surface area contributed by atoms with Crippen molar-refractivity contribution in [1.29, 1.82) is 0 Å². The van der Waals surface area contributed by atoms with Crippen molar-refractivity contribution in [1.82, 2.24) is 19.9 Å². The molecular formula is C37H37N7O. The van der Waals surface area contributed by atoms with Gasteiger partial charge in [0.2, 0.25) is 0 Å². The zero-order valence-corrected chi connectivity index (χ0v) is 25.7. The molecule has 5 heterocycles. The van der Waals surface area contributed by atoms with Gasteiger partial charge < -0.3 is 25.3 Å². The number of nitrogens with zero attached hydrogens (tertiary/aromatic N) is 4. The first kappa shape index (κ1) is 27.6. The highest BCUT2D eigenvalue weighted by molar-refractivity contribution is 5.95. The lowest BCUT2D eigenvalue weighted by molar-refractivity contribution is -0.0605. The van der Waals surface area contributed by atoms with Crippen molar-refractivity contribution < 1.29 is 4.74 Å². The van der Waals surface area contributed by atoms with E-state index in [0.29, 0.717) is 12.2 Å². The third-order valence-corrected chi connectivity index (χ3v) is 8.96. The van der Waals surface area contributed by atoms with Crippen LogP contribution < -0.4 is 15.5 Å². The van der Waals surface area contributed by atoms with Crippen LogP contribution in [0.3, 0.4) is 0 Å². The molecule has 0 unspecified atom stereocenters. The highest BCUT2D eigenvalue weighted by Gasteiger charge is 2.31. The maximum absolute atomic E-state index is 6.19. The Morgan fingerprint density at radius 3 is 2.42 bits per heavy atom. The van der Waals surface area contributed by atoms with Gasteiger partial charge in [0, 0.05) is 70.1 Å². The van der Waals surface area contributed by atoms with Gasteiger partial charge in [-0.25, -0.2) is 4.98 Å². The predicted molar refractivity (Wildman–Crippen MR) is 183 cm³/mol. The lowest BCUT2D eigenvalue weighted by Gasteiger charge is -2.42. The van der Waals surface area contributed by atoms with Crippen molar-refractivity contribution in [3.63, 3.8) is 0 Å². The number of aryl methyl sites for hydroxylation is 2. The van der Waals surface area contributed by atoms with Crippen molar-refractivity contribution >= 4 is 50.4 Å². The average molecular weight is 596 g/mol. The summed E-state index contributed by atoms with van der Waals surface area (Å²) in [6.45, 7) is 6.07. The van der Waals surface area contributed by atoms with Gasteiger partial charge in [-0.2, -0.15) is 0 Å². The number of nitrogens with one attached hydrogen (secondary N) is 3. The SMILES string of the molecule is CCc1cc(Nc2ccc3nc(-c4ccc(Nc5cc(C)nc6ccc(N7C[C@H]8CCC[C@@H](C7)O8)cc56)cc4)[nH]c3c2)ccn1. The number of hydrogen-bond donors (Lipinski definition) is 3. The first-order valence-electron chi connectivity index (χ1n) is 16.0. The minimum atomic E-state index is 0.340. The number of aromatic amines is 1. The molecule has 2 fully saturated rings. The molecule has 8 rings (SSSR count). The van der Waals surface area contributed by atoms with E-state index in [1.165, 1.54) is 12.1 Å². The fraction of sp³-hybridized carbons (Fsp3) is 0.270. The molecule has 2 atom stereocenters. The lowest BCUT2D eigenvalue weighted by Crippen LogP contribution is -2.50. The van der Waals surface area contributed by atoms with Crippen LogP contribution in [-0.2, 0) is 11.2 Å². The molecule has 8 heteroatoms. The molecule has 0 aliphatic carbocycles. The van der Waals surface area contributed by atoms with Gasteiger partial charge in [0.05, 0.1) is 28.8 Å². The van der Waals surface area contributed by atoms with E-state index in [2.05, 4.69) is 99.2 Å². The molecule has 226 valence electrons. The van der Waals surface area contributed by atoms with E-state index in [0.717, 1.165) is 99.8 Å². The zero-order valence-electron chi connectivity index (χ0n) is 25.7. The molecule has 2 aliphatic rings. The summed E-state index contributed by atoms with van der Waals surface area (Å²) in [7, 11) is 0. The number of H-pyrrole nitrogens is 1. The van der Waals surface area contributed by atoms with E-state index in [1.54, 1.807) is 0 Å². The monoisotopic (exact) mass is 595 g/mol. The topological polar surface area (TPSA) is 91.0 Å². The van der Waals surface area contributed by atoms with Crippen molar-refractivity contribution in [2.45, 2.75) is 51.7 Å². The van der Waals surface area contributed by atoms with Crippen LogP contribution in [0.4, 0.5) is 28.4 Å². The maximum atomic E-state index is 6.19. The second-order valence-electron chi connectivity index (χ2n) is 12.3. The molecule has 45 heavy (non-hydrogen) atoms. The highest BCUT2D eigenvalue weighted by Crippen LogP contribution is 2.34. The van der Waals surface area contributed by atoms with Crippen LogP contribution in [0.5, 0.6) is 0 Å². The molecule has 8 nitrogen and oxygen atoms in total. The number of aromatic nitrogens is 4. The van der Waals surface area contributed by atoms with Crippen LogP contribution in [0, 0.1) is 6.92 Å². The second-order valence-corrected chi connectivity index (χ2v) is 12.3. The molecule has 0 amide bonds. The molecule has 2 saturated heterocycles. The van der Waals surface area contributed by atoms with Crippen molar-refractivity contribution in [2.75, 3.05) is 28.6 Å². The predicted octanol–water partition coefficient (Wildman–Crippen LogP) is 8.29. The van der Waals surface area contributed by atoms with Gasteiger partial charge in [0.25, 0.3) is 0 Å². The van der Waals surface area contributed by atoms with Crippen LogP contribution in [0.25, 0.3) is 33.3 Å². The van der Waals surface area contributed by atoms with Crippen molar-refractivity contribution in [3.8, 4) is 11.4 Å². The lowest BCUT2D eigenvalue weighted by atomic mass is 9.99. The number of ether oxygens (including phenoxy) is 1. The Bertz CT molecular complexity index is 1990. The van der Waals surface area contributed by atoms with E-state index in [1.807, 2.05) is 25.3 Å². The molecular weight excluding hydrogens is 558 g/mol. The van der Waals surface area contributed by atoms with E-state index in [9.17, 15) is 0 Å². The van der Waals surface area contributed by atoms with Gasteiger partial charge in [0.15, 0.2) is 0 Å². The Hall–Kier alpha value is -4.95. The summed E-state index contributed by atoms with van der Waals surface area (Å²) in [4.78, 5) is 20.1. The van der Waals surface area contributed by atoms with Crippen molar-refractivity contribution in [2.24, 2.45) is 0 Å². The Morgan fingerprint density at radius 2 is 1.60 bits per heavy atom. The van der Waals surface area contributed by atoms with E-state index >= 15 is 0 Å². The molecule has 3 aromatic carbocycles. The Kier molecular flexibility index (Phi) is 7.06.